The molecule has 2 aromatic rings. The maximum Gasteiger partial charge on any atom is 0.143 e. The molecule has 0 saturated heterocycles. The van der Waals surface area contributed by atoms with Gasteiger partial charge >= 0.3 is 0 Å². The summed E-state index contributed by atoms with van der Waals surface area (Å²) in [6, 6.07) is 6.79. The van der Waals surface area contributed by atoms with Crippen molar-refractivity contribution in [3.05, 3.63) is 47.2 Å². The molecule has 0 aliphatic rings. The van der Waals surface area contributed by atoms with Crippen LogP contribution in [0.3, 0.4) is 0 Å². The second-order valence-corrected chi connectivity index (χ2v) is 4.18. The first kappa shape index (κ1) is 12.0. The highest BCUT2D eigenvalue weighted by atomic mass is 35.5. The average Bonchev–Trinajstić information content (AvgIpc) is 2.32. The van der Waals surface area contributed by atoms with Crippen molar-refractivity contribution in [2.75, 3.05) is 0 Å². The minimum atomic E-state index is -0.211. The summed E-state index contributed by atoms with van der Waals surface area (Å²) in [4.78, 5) is 8.53. The van der Waals surface area contributed by atoms with E-state index in [-0.39, 0.29) is 11.7 Å². The lowest BCUT2D eigenvalue weighted by molar-refractivity contribution is 0.619. The standard InChI is InChI=1S/C13H12ClFN2/c1-8-5-10(3-4-11(8)15)12-6-9(2)16-13(7-14)17-12/h3-6H,7H2,1-2H3. The number of halogens is 2. The van der Waals surface area contributed by atoms with Gasteiger partial charge in [-0.15, -0.1) is 11.6 Å². The van der Waals surface area contributed by atoms with Crippen LogP contribution in [-0.2, 0) is 5.88 Å². The van der Waals surface area contributed by atoms with Crippen LogP contribution in [0.2, 0.25) is 0 Å². The molecule has 17 heavy (non-hydrogen) atoms. The molecule has 2 nitrogen and oxygen atoms in total. The molecule has 2 rings (SSSR count). The summed E-state index contributed by atoms with van der Waals surface area (Å²) in [6.45, 7) is 3.62. The van der Waals surface area contributed by atoms with Crippen molar-refractivity contribution >= 4 is 11.6 Å². The van der Waals surface area contributed by atoms with E-state index in [9.17, 15) is 4.39 Å². The first-order valence-electron chi connectivity index (χ1n) is 5.27. The number of aryl methyl sites for hydroxylation is 2. The lowest BCUT2D eigenvalue weighted by atomic mass is 10.1. The van der Waals surface area contributed by atoms with Gasteiger partial charge in [0.2, 0.25) is 0 Å². The van der Waals surface area contributed by atoms with Gasteiger partial charge in [0.15, 0.2) is 0 Å². The van der Waals surface area contributed by atoms with Gasteiger partial charge in [0.05, 0.1) is 11.6 Å². The first-order chi connectivity index (χ1) is 8.10. The van der Waals surface area contributed by atoms with Crippen molar-refractivity contribution in [2.45, 2.75) is 19.7 Å². The third-order valence-corrected chi connectivity index (χ3v) is 2.71. The molecular weight excluding hydrogens is 239 g/mol. The highest BCUT2D eigenvalue weighted by molar-refractivity contribution is 6.16. The van der Waals surface area contributed by atoms with E-state index in [0.717, 1.165) is 17.0 Å². The van der Waals surface area contributed by atoms with Gasteiger partial charge in [-0.25, -0.2) is 14.4 Å². The summed E-state index contributed by atoms with van der Waals surface area (Å²) in [5, 5.41) is 0. The Bertz CT molecular complexity index is 555. The van der Waals surface area contributed by atoms with Gasteiger partial charge in [-0.05, 0) is 43.7 Å². The van der Waals surface area contributed by atoms with E-state index in [0.29, 0.717) is 11.4 Å². The molecule has 0 N–H and O–H groups in total. The fraction of sp³-hybridized carbons (Fsp3) is 0.231. The van der Waals surface area contributed by atoms with Gasteiger partial charge in [0, 0.05) is 11.3 Å². The van der Waals surface area contributed by atoms with Crippen molar-refractivity contribution in [1.82, 2.24) is 9.97 Å². The molecule has 0 radical (unpaired) electrons. The second-order valence-electron chi connectivity index (χ2n) is 3.91. The highest BCUT2D eigenvalue weighted by Gasteiger charge is 2.06. The number of benzene rings is 1. The van der Waals surface area contributed by atoms with Gasteiger partial charge in [0.1, 0.15) is 11.6 Å². The lowest BCUT2D eigenvalue weighted by Crippen LogP contribution is -1.97. The summed E-state index contributed by atoms with van der Waals surface area (Å²) in [5.74, 6) is 0.648. The van der Waals surface area contributed by atoms with Crippen molar-refractivity contribution < 1.29 is 4.39 Å². The quantitative estimate of drug-likeness (QED) is 0.761. The minimum absolute atomic E-state index is 0.211. The Hall–Kier alpha value is -1.48. The molecule has 0 amide bonds. The normalized spacial score (nSPS) is 10.6. The van der Waals surface area contributed by atoms with Crippen LogP contribution in [0.1, 0.15) is 17.1 Å². The Kier molecular flexibility index (Phi) is 3.38. The Morgan fingerprint density at radius 2 is 1.94 bits per heavy atom. The minimum Gasteiger partial charge on any atom is -0.237 e. The number of hydrogen-bond acceptors (Lipinski definition) is 2. The molecule has 0 aliphatic carbocycles. The highest BCUT2D eigenvalue weighted by Crippen LogP contribution is 2.21. The molecular formula is C13H12ClFN2. The number of rotatable bonds is 2. The molecule has 1 heterocycles. The third-order valence-electron chi connectivity index (χ3n) is 2.47. The van der Waals surface area contributed by atoms with Crippen molar-refractivity contribution in [3.8, 4) is 11.3 Å². The van der Waals surface area contributed by atoms with Gasteiger partial charge in [0.25, 0.3) is 0 Å². The fourth-order valence-corrected chi connectivity index (χ4v) is 1.76. The predicted molar refractivity (Wildman–Crippen MR) is 66.5 cm³/mol. The zero-order valence-corrected chi connectivity index (χ0v) is 10.4. The van der Waals surface area contributed by atoms with E-state index in [1.165, 1.54) is 6.07 Å². The van der Waals surface area contributed by atoms with Crippen molar-refractivity contribution in [2.24, 2.45) is 0 Å². The Balaban J connectivity index is 2.52. The zero-order valence-electron chi connectivity index (χ0n) is 9.67. The molecule has 88 valence electrons. The van der Waals surface area contributed by atoms with Gasteiger partial charge in [-0.1, -0.05) is 0 Å². The molecule has 0 saturated carbocycles. The van der Waals surface area contributed by atoms with Crippen LogP contribution >= 0.6 is 11.6 Å². The van der Waals surface area contributed by atoms with Crippen molar-refractivity contribution in [1.29, 1.82) is 0 Å². The first-order valence-corrected chi connectivity index (χ1v) is 5.80. The molecule has 0 bridgehead atoms. The predicted octanol–water partition coefficient (Wildman–Crippen LogP) is 3.64. The maximum atomic E-state index is 13.2. The average molecular weight is 251 g/mol. The molecule has 0 atom stereocenters. The van der Waals surface area contributed by atoms with Crippen LogP contribution in [-0.4, -0.2) is 9.97 Å². The largest absolute Gasteiger partial charge is 0.237 e. The summed E-state index contributed by atoms with van der Waals surface area (Å²) in [5.41, 5.74) is 3.11. The van der Waals surface area contributed by atoms with Crippen LogP contribution in [0, 0.1) is 19.7 Å². The fourth-order valence-electron chi connectivity index (χ4n) is 1.64. The molecule has 1 aromatic heterocycles. The van der Waals surface area contributed by atoms with Crippen LogP contribution < -0.4 is 0 Å². The van der Waals surface area contributed by atoms with E-state index in [4.69, 9.17) is 11.6 Å². The topological polar surface area (TPSA) is 25.8 Å². The van der Waals surface area contributed by atoms with Crippen LogP contribution in [0.25, 0.3) is 11.3 Å². The second kappa shape index (κ2) is 4.80. The number of alkyl halides is 1. The smallest absolute Gasteiger partial charge is 0.143 e. The number of hydrogen-bond donors (Lipinski definition) is 0. The van der Waals surface area contributed by atoms with E-state index < -0.39 is 0 Å². The molecule has 0 unspecified atom stereocenters. The van der Waals surface area contributed by atoms with Crippen LogP contribution in [0.15, 0.2) is 24.3 Å². The van der Waals surface area contributed by atoms with Crippen LogP contribution in [0.5, 0.6) is 0 Å². The summed E-state index contributed by atoms with van der Waals surface area (Å²) in [6.07, 6.45) is 0. The monoisotopic (exact) mass is 250 g/mol. The van der Waals surface area contributed by atoms with Crippen molar-refractivity contribution in [3.63, 3.8) is 0 Å². The van der Waals surface area contributed by atoms with E-state index in [1.807, 2.05) is 13.0 Å². The number of aromatic nitrogens is 2. The summed E-state index contributed by atoms with van der Waals surface area (Å²) < 4.78 is 13.2. The molecule has 0 aliphatic heterocycles. The summed E-state index contributed by atoms with van der Waals surface area (Å²) >= 11 is 5.73. The van der Waals surface area contributed by atoms with E-state index >= 15 is 0 Å². The third kappa shape index (κ3) is 2.61. The van der Waals surface area contributed by atoms with Gasteiger partial charge in [-0.3, -0.25) is 0 Å². The lowest BCUT2D eigenvalue weighted by Gasteiger charge is -2.05. The SMILES string of the molecule is Cc1cc(-c2ccc(F)c(C)c2)nc(CCl)n1. The maximum absolute atomic E-state index is 13.2. The molecule has 4 heteroatoms. The molecule has 0 fully saturated rings. The molecule has 1 aromatic carbocycles. The Morgan fingerprint density at radius 1 is 1.18 bits per heavy atom. The van der Waals surface area contributed by atoms with E-state index in [2.05, 4.69) is 9.97 Å². The van der Waals surface area contributed by atoms with Gasteiger partial charge in [-0.2, -0.15) is 0 Å². The molecule has 0 spiro atoms. The number of nitrogens with zero attached hydrogens (tertiary/aromatic N) is 2. The Morgan fingerprint density at radius 3 is 2.59 bits per heavy atom. The van der Waals surface area contributed by atoms with Gasteiger partial charge < -0.3 is 0 Å². The van der Waals surface area contributed by atoms with Crippen LogP contribution in [0.4, 0.5) is 4.39 Å². The van der Waals surface area contributed by atoms with E-state index in [1.54, 1.807) is 19.1 Å². The summed E-state index contributed by atoms with van der Waals surface area (Å²) in [7, 11) is 0. The Labute approximate surface area is 104 Å². The zero-order chi connectivity index (χ0) is 12.4.